The van der Waals surface area contributed by atoms with Gasteiger partial charge in [0.1, 0.15) is 29.0 Å². The van der Waals surface area contributed by atoms with E-state index in [1.807, 2.05) is 4.98 Å². The Balaban J connectivity index is 1.67. The number of H-pyrrole nitrogens is 1. The van der Waals surface area contributed by atoms with Crippen molar-refractivity contribution in [1.29, 1.82) is 0 Å². The van der Waals surface area contributed by atoms with Crippen LogP contribution in [0.5, 0.6) is 0 Å². The van der Waals surface area contributed by atoms with Gasteiger partial charge in [-0.05, 0) is 0 Å². The van der Waals surface area contributed by atoms with Crippen LogP contribution in [0, 0.1) is 0 Å². The maximum Gasteiger partial charge on any atom is 0.328 e. The number of carbonyl (C=O) groups excluding carboxylic acids is 1. The van der Waals surface area contributed by atoms with Gasteiger partial charge in [-0.3, -0.25) is 19.1 Å². The van der Waals surface area contributed by atoms with Crippen LogP contribution in [0.3, 0.4) is 0 Å². The number of aromatic amines is 1. The summed E-state index contributed by atoms with van der Waals surface area (Å²) in [5.41, 5.74) is 0.264. The van der Waals surface area contributed by atoms with Crippen molar-refractivity contribution in [1.82, 2.24) is 19.9 Å². The van der Waals surface area contributed by atoms with Crippen LogP contribution in [0.2, 0.25) is 5.02 Å². The van der Waals surface area contributed by atoms with E-state index in [1.165, 1.54) is 16.8 Å². The molecule has 1 aliphatic rings. The highest BCUT2D eigenvalue weighted by molar-refractivity contribution is 7.07. The van der Waals surface area contributed by atoms with Crippen molar-refractivity contribution in [3.05, 3.63) is 48.6 Å². The van der Waals surface area contributed by atoms with Crippen LogP contribution in [0.15, 0.2) is 26.7 Å². The Morgan fingerprint density at radius 2 is 2.23 bits per heavy atom. The van der Waals surface area contributed by atoms with Crippen LogP contribution in [0.4, 0.5) is 0 Å². The van der Waals surface area contributed by atoms with Gasteiger partial charge in [0, 0.05) is 11.6 Å². The van der Waals surface area contributed by atoms with E-state index in [1.54, 1.807) is 5.38 Å². The minimum atomic E-state index is -1.37. The van der Waals surface area contributed by atoms with Crippen molar-refractivity contribution in [2.75, 3.05) is 6.61 Å². The first-order valence-electron chi connectivity index (χ1n) is 7.53. The fourth-order valence-electron chi connectivity index (χ4n) is 2.55. The molecule has 1 amide bonds. The van der Waals surface area contributed by atoms with E-state index in [9.17, 15) is 24.6 Å². The zero-order valence-electron chi connectivity index (χ0n) is 13.2. The van der Waals surface area contributed by atoms with Gasteiger partial charge in [-0.2, -0.15) is 0 Å². The van der Waals surface area contributed by atoms with E-state index >= 15 is 0 Å². The molecule has 10 nitrogen and oxygen atoms in total. The molecule has 3 heterocycles. The molecule has 1 saturated heterocycles. The third-order valence-corrected chi connectivity index (χ3v) is 4.81. The number of thiazole rings is 1. The van der Waals surface area contributed by atoms with Crippen molar-refractivity contribution in [2.45, 2.75) is 30.9 Å². The molecule has 0 bridgehead atoms. The van der Waals surface area contributed by atoms with E-state index < -0.39 is 41.5 Å². The summed E-state index contributed by atoms with van der Waals surface area (Å²) >= 11 is 6.94. The van der Waals surface area contributed by atoms with Gasteiger partial charge in [0.15, 0.2) is 0 Å². The fourth-order valence-corrected chi connectivity index (χ4v) is 3.25. The molecule has 0 saturated carbocycles. The number of aliphatic hydroxyl groups is 2. The summed E-state index contributed by atoms with van der Waals surface area (Å²) in [6, 6.07) is -0.841. The monoisotopic (exact) mass is 402 g/mol. The van der Waals surface area contributed by atoms with Crippen LogP contribution < -0.4 is 16.6 Å². The molecule has 2 aromatic heterocycles. The second kappa shape index (κ2) is 7.68. The number of aliphatic hydroxyl groups excluding tert-OH is 2. The number of nitrogens with zero attached hydrogens (tertiary/aromatic N) is 2. The summed E-state index contributed by atoms with van der Waals surface area (Å²) in [6.07, 6.45) is -2.49. The molecule has 4 N–H and O–H groups in total. The highest BCUT2D eigenvalue weighted by Gasteiger charge is 2.39. The molecule has 1 fully saturated rings. The molecule has 3 rings (SSSR count). The van der Waals surface area contributed by atoms with Crippen LogP contribution in [0.25, 0.3) is 0 Å². The average molecular weight is 403 g/mol. The van der Waals surface area contributed by atoms with Gasteiger partial charge in [-0.1, -0.05) is 11.6 Å². The largest absolute Gasteiger partial charge is 0.388 e. The summed E-state index contributed by atoms with van der Waals surface area (Å²) in [6.45, 7) is -0.217. The minimum absolute atomic E-state index is 0.0788. The molecule has 4 atom stereocenters. The summed E-state index contributed by atoms with van der Waals surface area (Å²) in [5, 5.41) is 24.4. The average Bonchev–Trinajstić information content (AvgIpc) is 3.14. The lowest BCUT2D eigenvalue weighted by molar-refractivity contribution is -0.152. The normalized spacial score (nSPS) is 25.8. The Hall–Kier alpha value is -2.05. The molecular weight excluding hydrogens is 388 g/mol. The van der Waals surface area contributed by atoms with Crippen molar-refractivity contribution < 1.29 is 19.7 Å². The highest BCUT2D eigenvalue weighted by Crippen LogP contribution is 2.17. The van der Waals surface area contributed by atoms with Gasteiger partial charge in [0.05, 0.1) is 24.7 Å². The zero-order valence-corrected chi connectivity index (χ0v) is 14.7. The Bertz CT molecular complexity index is 898. The number of hydrogen-bond donors (Lipinski definition) is 4. The molecule has 26 heavy (non-hydrogen) atoms. The lowest BCUT2D eigenvalue weighted by atomic mass is 9.97. The Morgan fingerprint density at radius 3 is 2.92 bits per heavy atom. The molecule has 2 aromatic rings. The second-order valence-corrected chi connectivity index (χ2v) is 6.82. The third-order valence-electron chi connectivity index (χ3n) is 3.96. The summed E-state index contributed by atoms with van der Waals surface area (Å²) < 4.78 is 6.55. The number of nitrogens with one attached hydrogen (secondary N) is 2. The number of hydrogen-bond acceptors (Lipinski definition) is 8. The first-order valence-corrected chi connectivity index (χ1v) is 8.85. The van der Waals surface area contributed by atoms with E-state index in [0.29, 0.717) is 0 Å². The molecular formula is C14H15ClN4O6S. The molecule has 0 radical (unpaired) electrons. The van der Waals surface area contributed by atoms with Crippen LogP contribution in [0.1, 0.15) is 10.5 Å². The summed E-state index contributed by atoms with van der Waals surface area (Å²) in [4.78, 5) is 41.0. The Labute approximate surface area is 155 Å². The van der Waals surface area contributed by atoms with E-state index in [-0.39, 0.29) is 23.9 Å². The lowest BCUT2D eigenvalue weighted by Gasteiger charge is -2.37. The predicted octanol–water partition coefficient (Wildman–Crippen LogP) is -1.43. The van der Waals surface area contributed by atoms with E-state index in [4.69, 9.17) is 16.3 Å². The topological polar surface area (TPSA) is 147 Å². The first kappa shape index (κ1) is 18.7. The number of amides is 1. The van der Waals surface area contributed by atoms with Gasteiger partial charge in [0.25, 0.3) is 11.5 Å². The molecule has 0 aromatic carbocycles. The number of rotatable bonds is 4. The van der Waals surface area contributed by atoms with Crippen molar-refractivity contribution in [3.63, 3.8) is 0 Å². The van der Waals surface area contributed by atoms with Gasteiger partial charge < -0.3 is 20.3 Å². The Morgan fingerprint density at radius 1 is 1.46 bits per heavy atom. The minimum Gasteiger partial charge on any atom is -0.388 e. The van der Waals surface area contributed by atoms with Crippen molar-refractivity contribution >= 4 is 28.8 Å². The predicted molar refractivity (Wildman–Crippen MR) is 91.5 cm³/mol. The van der Waals surface area contributed by atoms with E-state index in [2.05, 4.69) is 10.3 Å². The van der Waals surface area contributed by atoms with Crippen molar-refractivity contribution in [3.8, 4) is 0 Å². The second-order valence-electron chi connectivity index (χ2n) is 5.70. The quantitative estimate of drug-likeness (QED) is 0.490. The smallest absolute Gasteiger partial charge is 0.328 e. The number of carbonyl (C=O) groups is 1. The van der Waals surface area contributed by atoms with Gasteiger partial charge in [-0.25, -0.2) is 9.78 Å². The number of ether oxygens (including phenoxy) is 1. The van der Waals surface area contributed by atoms with Crippen LogP contribution >= 0.6 is 22.9 Å². The summed E-state index contributed by atoms with van der Waals surface area (Å²) in [7, 11) is 0. The number of aromatic nitrogens is 3. The molecule has 1 aliphatic heterocycles. The van der Waals surface area contributed by atoms with E-state index in [0.717, 1.165) is 10.8 Å². The van der Waals surface area contributed by atoms with Crippen LogP contribution in [-0.2, 0) is 11.3 Å². The van der Waals surface area contributed by atoms with Gasteiger partial charge in [-0.15, -0.1) is 11.3 Å². The molecule has 0 aliphatic carbocycles. The zero-order chi connectivity index (χ0) is 18.8. The van der Waals surface area contributed by atoms with Gasteiger partial charge in [0.2, 0.25) is 0 Å². The van der Waals surface area contributed by atoms with Gasteiger partial charge >= 0.3 is 5.69 Å². The highest BCUT2D eigenvalue weighted by atomic mass is 35.5. The molecule has 0 spiro atoms. The maximum absolute atomic E-state index is 12.0. The number of halogens is 1. The fraction of sp³-hybridized carbons (Fsp3) is 0.429. The first-order chi connectivity index (χ1) is 12.4. The Kier molecular flexibility index (Phi) is 5.53. The molecule has 12 heteroatoms. The third kappa shape index (κ3) is 3.86. The molecule has 0 unspecified atom stereocenters. The maximum atomic E-state index is 12.0. The molecule has 140 valence electrons. The summed E-state index contributed by atoms with van der Waals surface area (Å²) in [5.74, 6) is -0.492. The van der Waals surface area contributed by atoms with Crippen molar-refractivity contribution in [2.24, 2.45) is 0 Å². The van der Waals surface area contributed by atoms with Crippen LogP contribution in [-0.4, -0.2) is 61.6 Å². The lowest BCUT2D eigenvalue weighted by Crippen LogP contribution is -2.60. The standard InChI is InChI=1S/C14H15ClN4O6S/c15-6-1-19(14(24)18-12(6)22)2-9-11(21)10(20)7(3-25-9)17-13(23)8-4-26-5-16-8/h1,4-5,7,9-11,20-21H,2-3H2,(H,17,23)(H,18,22,24)/t7-,9-,10+,11-/m1/s1. The SMILES string of the molecule is O=C(N[C@@H]1CO[C@H](Cn2cc(Cl)c(=O)[nH]c2=O)[C@@H](O)[C@H]1O)c1cscn1.